The fraction of sp³-hybridized carbons (Fsp3) is 0.150. The van der Waals surface area contributed by atoms with Crippen molar-refractivity contribution in [1.82, 2.24) is 14.9 Å². The summed E-state index contributed by atoms with van der Waals surface area (Å²) in [7, 11) is 1.37. The average Bonchev–Trinajstić information content (AvgIpc) is 2.69. The third-order valence-corrected chi connectivity index (χ3v) is 4.49. The van der Waals surface area contributed by atoms with E-state index in [2.05, 4.69) is 16.9 Å². The van der Waals surface area contributed by atoms with Gasteiger partial charge < -0.3 is 15.5 Å². The zero-order valence-electron chi connectivity index (χ0n) is 15.6. The summed E-state index contributed by atoms with van der Waals surface area (Å²) in [4.78, 5) is 27.4. The lowest BCUT2D eigenvalue weighted by molar-refractivity contribution is -0.137. The molecule has 1 aromatic carbocycles. The number of carbonyl (C=O) groups is 1. The Labute approximate surface area is 167 Å². The summed E-state index contributed by atoms with van der Waals surface area (Å²) >= 11 is 0. The van der Waals surface area contributed by atoms with Crippen LogP contribution in [0.15, 0.2) is 47.9 Å². The first-order valence-electron chi connectivity index (χ1n) is 8.55. The molecule has 0 aliphatic rings. The van der Waals surface area contributed by atoms with Crippen molar-refractivity contribution in [2.75, 3.05) is 6.54 Å². The van der Waals surface area contributed by atoms with Gasteiger partial charge in [0.2, 0.25) is 0 Å². The van der Waals surface area contributed by atoms with E-state index in [1.54, 1.807) is 0 Å². The highest BCUT2D eigenvalue weighted by Gasteiger charge is 2.33. The second-order valence-corrected chi connectivity index (χ2v) is 6.45. The molecule has 2 heterocycles. The highest BCUT2D eigenvalue weighted by Crippen LogP contribution is 2.38. The van der Waals surface area contributed by atoms with Crippen LogP contribution in [-0.2, 0) is 18.0 Å². The highest BCUT2D eigenvalue weighted by atomic mass is 19.4. The zero-order chi connectivity index (χ0) is 22.2. The van der Waals surface area contributed by atoms with Crippen LogP contribution in [0.1, 0.15) is 11.1 Å². The molecule has 0 radical (unpaired) electrons. The second kappa shape index (κ2) is 7.54. The monoisotopic (exact) mass is 419 g/mol. The van der Waals surface area contributed by atoms with Gasteiger partial charge in [0, 0.05) is 24.5 Å². The van der Waals surface area contributed by atoms with E-state index in [1.165, 1.54) is 37.5 Å². The number of hydrogen-bond acceptors (Lipinski definition) is 5. The van der Waals surface area contributed by atoms with Crippen LogP contribution in [0.25, 0.3) is 27.9 Å². The minimum atomic E-state index is -4.60. The van der Waals surface area contributed by atoms with Gasteiger partial charge in [-0.05, 0) is 17.7 Å². The first kappa shape index (κ1) is 20.9. The fourth-order valence-corrected chi connectivity index (χ4v) is 3.07. The number of nitrogens with zero attached hydrogens (tertiary/aromatic N) is 2. The highest BCUT2D eigenvalue weighted by molar-refractivity contribution is 5.91. The Bertz CT molecular complexity index is 1230. The zero-order valence-corrected chi connectivity index (χ0v) is 15.6. The van der Waals surface area contributed by atoms with Gasteiger partial charge >= 0.3 is 12.1 Å². The Kier molecular flexibility index (Phi) is 5.26. The van der Waals surface area contributed by atoms with Crippen molar-refractivity contribution in [3.05, 3.63) is 64.6 Å². The van der Waals surface area contributed by atoms with Gasteiger partial charge in [0.05, 0.1) is 10.9 Å². The van der Waals surface area contributed by atoms with Gasteiger partial charge in [0.25, 0.3) is 5.56 Å². The third kappa shape index (κ3) is 3.71. The quantitative estimate of drug-likeness (QED) is 0.588. The Balaban J connectivity index is 2.24. The van der Waals surface area contributed by atoms with E-state index in [0.717, 1.165) is 10.6 Å². The molecule has 0 aliphatic heterocycles. The van der Waals surface area contributed by atoms with Crippen LogP contribution < -0.4 is 10.9 Å². The topological polar surface area (TPSA) is 104 Å². The molecular weight excluding hydrogens is 403 g/mol. The van der Waals surface area contributed by atoms with Gasteiger partial charge in [0.1, 0.15) is 23.5 Å². The number of nitrogens with one attached hydrogen (secondary N) is 1. The van der Waals surface area contributed by atoms with E-state index in [1.807, 2.05) is 0 Å². The van der Waals surface area contributed by atoms with E-state index >= 15 is 0 Å². The van der Waals surface area contributed by atoms with Crippen LogP contribution in [-0.4, -0.2) is 32.3 Å². The molecule has 0 bridgehead atoms. The summed E-state index contributed by atoms with van der Waals surface area (Å²) in [6.07, 6.45) is -3.42. The number of fused-ring (bicyclic) bond motifs is 1. The van der Waals surface area contributed by atoms with Gasteiger partial charge in [-0.3, -0.25) is 14.2 Å². The fourth-order valence-electron chi connectivity index (χ4n) is 3.07. The number of halogens is 3. The number of aromatic hydroxyl groups is 1. The lowest BCUT2D eigenvalue weighted by atomic mass is 9.99. The number of aliphatic carboxylic acids is 1. The van der Waals surface area contributed by atoms with Gasteiger partial charge in [0.15, 0.2) is 0 Å². The lowest BCUT2D eigenvalue weighted by Gasteiger charge is -2.16. The Morgan fingerprint density at radius 1 is 1.30 bits per heavy atom. The summed E-state index contributed by atoms with van der Waals surface area (Å²) in [6, 6.07) is 6.20. The number of carboxylic acid groups (broad SMARTS) is 1. The predicted octanol–water partition coefficient (Wildman–Crippen LogP) is 2.97. The van der Waals surface area contributed by atoms with Crippen molar-refractivity contribution >= 4 is 22.7 Å². The molecular formula is C20H16F3N3O4. The summed E-state index contributed by atoms with van der Waals surface area (Å²) in [6.45, 7) is 3.03. The number of aryl methyl sites for hydroxylation is 1. The minimum Gasteiger partial charge on any atom is -0.506 e. The normalized spacial score (nSPS) is 11.5. The van der Waals surface area contributed by atoms with Gasteiger partial charge in [-0.25, -0.2) is 4.98 Å². The maximum absolute atomic E-state index is 13.4. The van der Waals surface area contributed by atoms with E-state index in [4.69, 9.17) is 5.11 Å². The molecule has 0 saturated heterocycles. The van der Waals surface area contributed by atoms with Crippen LogP contribution in [0, 0.1) is 0 Å². The van der Waals surface area contributed by atoms with Crippen molar-refractivity contribution in [3.63, 3.8) is 0 Å². The lowest BCUT2D eigenvalue weighted by Crippen LogP contribution is -2.27. The van der Waals surface area contributed by atoms with Crippen LogP contribution >= 0.6 is 0 Å². The molecule has 2 aromatic heterocycles. The largest absolute Gasteiger partial charge is 0.506 e. The Hall–Kier alpha value is -3.82. The van der Waals surface area contributed by atoms with Crippen LogP contribution in [0.4, 0.5) is 13.2 Å². The summed E-state index contributed by atoms with van der Waals surface area (Å²) in [5.74, 6) is -1.77. The minimum absolute atomic E-state index is 0.0138. The molecule has 30 heavy (non-hydrogen) atoms. The van der Waals surface area contributed by atoms with Crippen molar-refractivity contribution in [2.45, 2.75) is 6.18 Å². The SMILES string of the molecule is C=C(NCC(=O)O)c1c(O)c2cc(-c3ccccc3C(F)(F)F)cnc2n(C)c1=O. The maximum Gasteiger partial charge on any atom is 0.417 e. The van der Waals surface area contributed by atoms with Crippen molar-refractivity contribution in [2.24, 2.45) is 7.05 Å². The van der Waals surface area contributed by atoms with E-state index < -0.39 is 35.6 Å². The van der Waals surface area contributed by atoms with Gasteiger partial charge in [-0.1, -0.05) is 24.8 Å². The first-order valence-corrected chi connectivity index (χ1v) is 8.55. The predicted molar refractivity (Wildman–Crippen MR) is 104 cm³/mol. The molecule has 3 aromatic rings. The average molecular weight is 419 g/mol. The summed E-state index contributed by atoms with van der Waals surface area (Å²) in [5, 5.41) is 21.9. The molecule has 0 saturated carbocycles. The molecule has 156 valence electrons. The molecule has 0 atom stereocenters. The third-order valence-electron chi connectivity index (χ3n) is 4.49. The molecule has 10 heteroatoms. The number of hydrogen-bond donors (Lipinski definition) is 3. The van der Waals surface area contributed by atoms with E-state index in [0.29, 0.717) is 0 Å². The van der Waals surface area contributed by atoms with Crippen LogP contribution in [0.2, 0.25) is 0 Å². The molecule has 0 spiro atoms. The van der Waals surface area contributed by atoms with Crippen LogP contribution in [0.3, 0.4) is 0 Å². The summed E-state index contributed by atoms with van der Waals surface area (Å²) < 4.78 is 41.2. The van der Waals surface area contributed by atoms with Crippen molar-refractivity contribution in [1.29, 1.82) is 0 Å². The molecule has 7 nitrogen and oxygen atoms in total. The molecule has 0 unspecified atom stereocenters. The van der Waals surface area contributed by atoms with Crippen molar-refractivity contribution < 1.29 is 28.2 Å². The molecule has 0 amide bonds. The van der Waals surface area contributed by atoms with Gasteiger partial charge in [-0.15, -0.1) is 0 Å². The van der Waals surface area contributed by atoms with E-state index in [9.17, 15) is 27.9 Å². The number of rotatable bonds is 5. The van der Waals surface area contributed by atoms with Crippen LogP contribution in [0.5, 0.6) is 5.75 Å². The van der Waals surface area contributed by atoms with Gasteiger partial charge in [-0.2, -0.15) is 13.2 Å². The number of alkyl halides is 3. The van der Waals surface area contributed by atoms with Crippen molar-refractivity contribution in [3.8, 4) is 16.9 Å². The molecule has 0 fully saturated rings. The Morgan fingerprint density at radius 2 is 1.97 bits per heavy atom. The molecule has 0 aliphatic carbocycles. The number of aromatic nitrogens is 2. The second-order valence-electron chi connectivity index (χ2n) is 6.45. The number of carboxylic acids is 1. The Morgan fingerprint density at radius 3 is 2.60 bits per heavy atom. The first-order chi connectivity index (χ1) is 14.0. The molecule has 3 rings (SSSR count). The summed E-state index contributed by atoms with van der Waals surface area (Å²) in [5.41, 5.74) is -2.02. The molecule has 3 N–H and O–H groups in total. The number of pyridine rings is 2. The van der Waals surface area contributed by atoms with E-state index in [-0.39, 0.29) is 33.4 Å². The maximum atomic E-state index is 13.4. The number of benzene rings is 1. The smallest absolute Gasteiger partial charge is 0.417 e. The standard InChI is InChI=1S/C20H16F3N3O4/c1-10(24-9-15(27)28)16-17(29)13-7-11(8-25-18(13)26(2)19(16)30)12-5-3-4-6-14(12)20(21,22)23/h3-8,24,29H,1,9H2,2H3,(H,27,28).